The number of unbranched alkanes of at least 4 members (excludes halogenated alkanes) is 20. The number of ether oxygens (including phenoxy) is 4. The van der Waals surface area contributed by atoms with Gasteiger partial charge in [-0.05, 0) is 44.4 Å². The number of esters is 1. The number of aliphatic hydroxyl groups excluding tert-OH is 2. The van der Waals surface area contributed by atoms with Crippen LogP contribution in [0, 0.1) is 11.8 Å². The first-order chi connectivity index (χ1) is 27.9. The van der Waals surface area contributed by atoms with Gasteiger partial charge in [0.15, 0.2) is 6.29 Å². The lowest BCUT2D eigenvalue weighted by atomic mass is 9.89. The molecule has 0 fully saturated rings. The molecular formula is C49H99NO7. The maximum absolute atomic E-state index is 12.8. The molecule has 0 amide bonds. The summed E-state index contributed by atoms with van der Waals surface area (Å²) < 4.78 is 24.1. The van der Waals surface area contributed by atoms with Gasteiger partial charge in [0.05, 0.1) is 32.3 Å². The topological polar surface area (TPSA) is 97.7 Å². The molecule has 0 aliphatic heterocycles. The van der Waals surface area contributed by atoms with Crippen LogP contribution in [0.25, 0.3) is 0 Å². The van der Waals surface area contributed by atoms with Crippen molar-refractivity contribution in [2.75, 3.05) is 59.3 Å². The van der Waals surface area contributed by atoms with E-state index in [1.54, 1.807) is 0 Å². The summed E-state index contributed by atoms with van der Waals surface area (Å²) in [7, 11) is 0. The van der Waals surface area contributed by atoms with Gasteiger partial charge in [-0.2, -0.15) is 0 Å². The minimum atomic E-state index is -0.362. The predicted octanol–water partition coefficient (Wildman–Crippen LogP) is 12.6. The molecule has 342 valence electrons. The second kappa shape index (κ2) is 44.8. The summed E-state index contributed by atoms with van der Waals surface area (Å²) in [5.41, 5.74) is 0. The first-order valence-electron chi connectivity index (χ1n) is 24.9. The molecule has 0 radical (unpaired) electrons. The van der Waals surface area contributed by atoms with Gasteiger partial charge in [0, 0.05) is 51.8 Å². The molecule has 0 saturated carbocycles. The summed E-state index contributed by atoms with van der Waals surface area (Å²) in [6, 6.07) is 0. The highest BCUT2D eigenvalue weighted by molar-refractivity contribution is 5.69. The Bertz CT molecular complexity index is 784. The third kappa shape index (κ3) is 37.9. The second-order valence-corrected chi connectivity index (χ2v) is 17.1. The number of hydrogen-bond donors (Lipinski definition) is 2. The SMILES string of the molecule is CCCCCCCCCC(CCCCCCC)C(O)CN(CCCO)CCOCC(CC)COC(=O)CCC(OCCCCCCCC)OCCCCCCCC. The Hall–Kier alpha value is -0.770. The molecule has 0 heterocycles. The molecule has 0 bridgehead atoms. The highest BCUT2D eigenvalue weighted by Crippen LogP contribution is 2.23. The third-order valence-electron chi connectivity index (χ3n) is 11.6. The second-order valence-electron chi connectivity index (χ2n) is 17.1. The van der Waals surface area contributed by atoms with Crippen LogP contribution in [0.15, 0.2) is 0 Å². The fourth-order valence-electron chi connectivity index (χ4n) is 7.56. The summed E-state index contributed by atoms with van der Waals surface area (Å²) in [6.07, 6.45) is 33.8. The van der Waals surface area contributed by atoms with E-state index < -0.39 is 0 Å². The van der Waals surface area contributed by atoms with Crippen LogP contribution in [-0.4, -0.2) is 92.8 Å². The van der Waals surface area contributed by atoms with Crippen molar-refractivity contribution >= 4 is 5.97 Å². The standard InChI is InChI=1S/C49H99NO7/c1-6-11-15-19-22-24-28-33-46(32-27-23-18-14-9-4)47(52)42-50(36-31-38-51)37-41-54-43-45(10-5)44-57-48(53)34-35-49(55-39-29-25-20-16-12-7-2)56-40-30-26-21-17-13-8-3/h45-47,49,51-52H,6-44H2,1-5H3. The van der Waals surface area contributed by atoms with E-state index in [9.17, 15) is 15.0 Å². The van der Waals surface area contributed by atoms with Gasteiger partial charge in [0.2, 0.25) is 0 Å². The highest BCUT2D eigenvalue weighted by atomic mass is 16.7. The van der Waals surface area contributed by atoms with Gasteiger partial charge in [-0.25, -0.2) is 0 Å². The molecular weight excluding hydrogens is 715 g/mol. The normalized spacial score (nSPS) is 13.5. The van der Waals surface area contributed by atoms with Crippen LogP contribution >= 0.6 is 0 Å². The average Bonchev–Trinajstić information content (AvgIpc) is 3.21. The largest absolute Gasteiger partial charge is 0.465 e. The van der Waals surface area contributed by atoms with E-state index in [0.717, 1.165) is 38.6 Å². The van der Waals surface area contributed by atoms with Crippen LogP contribution in [0.4, 0.5) is 0 Å². The van der Waals surface area contributed by atoms with Crippen molar-refractivity contribution in [3.8, 4) is 0 Å². The molecule has 8 nitrogen and oxygen atoms in total. The van der Waals surface area contributed by atoms with Crippen molar-refractivity contribution in [3.05, 3.63) is 0 Å². The Kier molecular flexibility index (Phi) is 44.2. The van der Waals surface area contributed by atoms with Crippen molar-refractivity contribution < 1.29 is 34.0 Å². The fourth-order valence-corrected chi connectivity index (χ4v) is 7.56. The maximum atomic E-state index is 12.8. The van der Waals surface area contributed by atoms with Crippen LogP contribution in [0.5, 0.6) is 0 Å². The molecule has 0 saturated heterocycles. The average molecular weight is 814 g/mol. The number of nitrogens with zero attached hydrogens (tertiary/aromatic N) is 1. The number of carbonyl (C=O) groups excluding carboxylic acids is 1. The van der Waals surface area contributed by atoms with E-state index in [1.807, 2.05) is 0 Å². The zero-order valence-corrected chi connectivity index (χ0v) is 38.8. The van der Waals surface area contributed by atoms with Crippen molar-refractivity contribution in [1.29, 1.82) is 0 Å². The summed E-state index contributed by atoms with van der Waals surface area (Å²) >= 11 is 0. The molecule has 3 unspecified atom stereocenters. The van der Waals surface area contributed by atoms with E-state index in [-0.39, 0.29) is 37.3 Å². The molecule has 8 heteroatoms. The summed E-state index contributed by atoms with van der Waals surface area (Å²) in [6.45, 7) is 16.1. The Balaban J connectivity index is 4.81. The Morgan fingerprint density at radius 2 is 1.02 bits per heavy atom. The van der Waals surface area contributed by atoms with Crippen LogP contribution in [-0.2, 0) is 23.7 Å². The number of aliphatic hydroxyl groups is 2. The van der Waals surface area contributed by atoms with E-state index in [4.69, 9.17) is 18.9 Å². The predicted molar refractivity (Wildman–Crippen MR) is 241 cm³/mol. The Labute approximate surface area is 354 Å². The fraction of sp³-hybridized carbons (Fsp3) is 0.980. The lowest BCUT2D eigenvalue weighted by Crippen LogP contribution is -2.39. The van der Waals surface area contributed by atoms with Gasteiger partial charge in [0.1, 0.15) is 0 Å². The van der Waals surface area contributed by atoms with Gasteiger partial charge >= 0.3 is 5.97 Å². The molecule has 2 N–H and O–H groups in total. The molecule has 57 heavy (non-hydrogen) atoms. The summed E-state index contributed by atoms with van der Waals surface area (Å²) in [4.78, 5) is 15.1. The summed E-state index contributed by atoms with van der Waals surface area (Å²) in [5, 5.41) is 21.1. The molecule has 0 aliphatic rings. The zero-order valence-electron chi connectivity index (χ0n) is 38.8. The molecule has 0 aromatic heterocycles. The first-order valence-corrected chi connectivity index (χ1v) is 24.9. The van der Waals surface area contributed by atoms with Gasteiger partial charge < -0.3 is 29.2 Å². The van der Waals surface area contributed by atoms with Gasteiger partial charge in [-0.3, -0.25) is 9.69 Å². The van der Waals surface area contributed by atoms with Gasteiger partial charge in [-0.1, -0.05) is 176 Å². The monoisotopic (exact) mass is 814 g/mol. The molecule has 3 atom stereocenters. The number of rotatable bonds is 47. The highest BCUT2D eigenvalue weighted by Gasteiger charge is 2.22. The third-order valence-corrected chi connectivity index (χ3v) is 11.6. The maximum Gasteiger partial charge on any atom is 0.305 e. The Morgan fingerprint density at radius 3 is 1.49 bits per heavy atom. The molecule has 0 aromatic rings. The van der Waals surface area contributed by atoms with E-state index in [0.29, 0.717) is 64.9 Å². The Morgan fingerprint density at radius 1 is 0.544 bits per heavy atom. The molecule has 0 spiro atoms. The van der Waals surface area contributed by atoms with Crippen LogP contribution < -0.4 is 0 Å². The van der Waals surface area contributed by atoms with Crippen molar-refractivity contribution in [2.45, 2.75) is 240 Å². The van der Waals surface area contributed by atoms with Crippen molar-refractivity contribution in [1.82, 2.24) is 4.90 Å². The van der Waals surface area contributed by atoms with Gasteiger partial charge in [0.25, 0.3) is 0 Å². The van der Waals surface area contributed by atoms with Crippen LogP contribution in [0.2, 0.25) is 0 Å². The van der Waals surface area contributed by atoms with E-state index >= 15 is 0 Å². The van der Waals surface area contributed by atoms with Crippen LogP contribution in [0.1, 0.15) is 227 Å². The summed E-state index contributed by atoms with van der Waals surface area (Å²) in [5.74, 6) is 0.256. The lowest BCUT2D eigenvalue weighted by molar-refractivity contribution is -0.160. The molecule has 0 aliphatic carbocycles. The molecule has 0 aromatic carbocycles. The van der Waals surface area contributed by atoms with Gasteiger partial charge in [-0.15, -0.1) is 0 Å². The number of carbonyl (C=O) groups is 1. The van der Waals surface area contributed by atoms with Crippen molar-refractivity contribution in [2.24, 2.45) is 11.8 Å². The molecule has 0 rings (SSSR count). The van der Waals surface area contributed by atoms with E-state index in [1.165, 1.54) is 141 Å². The van der Waals surface area contributed by atoms with Crippen molar-refractivity contribution in [3.63, 3.8) is 0 Å². The zero-order chi connectivity index (χ0) is 41.9. The van der Waals surface area contributed by atoms with E-state index in [2.05, 4.69) is 39.5 Å². The van der Waals surface area contributed by atoms with Crippen LogP contribution in [0.3, 0.4) is 0 Å². The first kappa shape index (κ1) is 56.2. The minimum absolute atomic E-state index is 0.133. The minimum Gasteiger partial charge on any atom is -0.465 e. The quantitative estimate of drug-likeness (QED) is 0.0356. The number of hydrogen-bond acceptors (Lipinski definition) is 8. The smallest absolute Gasteiger partial charge is 0.305 e. The lowest BCUT2D eigenvalue weighted by Gasteiger charge is -2.30.